The van der Waals surface area contributed by atoms with Crippen molar-refractivity contribution in [1.29, 1.82) is 0 Å². The summed E-state index contributed by atoms with van der Waals surface area (Å²) < 4.78 is 7.70. The van der Waals surface area contributed by atoms with Crippen LogP contribution in [0.3, 0.4) is 0 Å². The summed E-state index contributed by atoms with van der Waals surface area (Å²) in [4.78, 5) is 25.0. The molecular formula is C26H28N6O2. The van der Waals surface area contributed by atoms with Crippen LogP contribution in [0.2, 0.25) is 0 Å². The number of allylic oxidation sites excluding steroid dienone is 4. The fourth-order valence-corrected chi connectivity index (χ4v) is 5.19. The Morgan fingerprint density at radius 3 is 2.71 bits per heavy atom. The number of nitrogens with one attached hydrogen (secondary N) is 1. The molecule has 1 aliphatic carbocycles. The first kappa shape index (κ1) is 21.0. The van der Waals surface area contributed by atoms with E-state index in [1.807, 2.05) is 12.4 Å². The molecule has 0 aromatic carbocycles. The van der Waals surface area contributed by atoms with Crippen molar-refractivity contribution in [2.24, 2.45) is 0 Å². The van der Waals surface area contributed by atoms with E-state index < -0.39 is 0 Å². The van der Waals surface area contributed by atoms with Crippen LogP contribution in [-0.4, -0.2) is 57.2 Å². The van der Waals surface area contributed by atoms with Gasteiger partial charge in [0.15, 0.2) is 11.4 Å². The molecule has 0 bridgehead atoms. The summed E-state index contributed by atoms with van der Waals surface area (Å²) in [5, 5.41) is 8.03. The molecule has 5 heterocycles. The van der Waals surface area contributed by atoms with Crippen molar-refractivity contribution >= 4 is 23.1 Å². The zero-order valence-corrected chi connectivity index (χ0v) is 19.4. The van der Waals surface area contributed by atoms with E-state index in [1.165, 1.54) is 0 Å². The Kier molecular flexibility index (Phi) is 5.17. The number of hydrogen-bond acceptors (Lipinski definition) is 7. The van der Waals surface area contributed by atoms with Gasteiger partial charge in [-0.05, 0) is 26.3 Å². The molecule has 174 valence electrons. The van der Waals surface area contributed by atoms with Crippen molar-refractivity contribution in [3.05, 3.63) is 60.1 Å². The lowest BCUT2D eigenvalue weighted by molar-refractivity contribution is -0.00550. The number of morpholine rings is 1. The number of pyridine rings is 1. The summed E-state index contributed by atoms with van der Waals surface area (Å²) in [6.45, 7) is 6.09. The van der Waals surface area contributed by atoms with E-state index in [0.717, 1.165) is 34.7 Å². The quantitative estimate of drug-likeness (QED) is 0.638. The van der Waals surface area contributed by atoms with E-state index in [0.29, 0.717) is 43.4 Å². The molecule has 0 amide bonds. The molecule has 1 fully saturated rings. The number of rotatable bonds is 3. The highest BCUT2D eigenvalue weighted by molar-refractivity contribution is 6.07. The van der Waals surface area contributed by atoms with E-state index in [9.17, 15) is 4.79 Å². The van der Waals surface area contributed by atoms with E-state index in [4.69, 9.17) is 14.7 Å². The number of Topliss-reactive ketones (excluding diaryl/α,β-unsaturated/α-hetero) is 1. The molecule has 0 spiro atoms. The average Bonchev–Trinajstić information content (AvgIpc) is 3.28. The lowest BCUT2D eigenvalue weighted by atomic mass is 9.96. The predicted octanol–water partition coefficient (Wildman–Crippen LogP) is 4.00. The summed E-state index contributed by atoms with van der Waals surface area (Å²) in [7, 11) is 0. The molecule has 2 aliphatic heterocycles. The van der Waals surface area contributed by atoms with Gasteiger partial charge in [0.2, 0.25) is 0 Å². The minimum atomic E-state index is 0.0638. The fraction of sp³-hybridized carbons (Fsp3) is 0.385. The predicted molar refractivity (Wildman–Crippen MR) is 132 cm³/mol. The number of fused-ring (bicyclic) bond motifs is 3. The van der Waals surface area contributed by atoms with Gasteiger partial charge in [-0.3, -0.25) is 9.78 Å². The molecule has 1 saturated heterocycles. The standard InChI is InChI=1S/C26H28N6O2/c1-16-14-31(15-17(2)34-16)26-23-22(33)10-11-27-25(23)32-24(30-26)20(13-29-32)19-8-9-21(28-12-19)18-6-4-3-5-7-18/h3-6,8-9,12-13,16-18,27H,7,10-11,14-15H2,1-2H3/t16-,17+,18?. The third kappa shape index (κ3) is 3.58. The highest BCUT2D eigenvalue weighted by atomic mass is 16.5. The van der Waals surface area contributed by atoms with Gasteiger partial charge in [0, 0.05) is 55.0 Å². The second-order valence-electron chi connectivity index (χ2n) is 9.34. The summed E-state index contributed by atoms with van der Waals surface area (Å²) in [5.74, 6) is 1.84. The molecular weight excluding hydrogens is 428 g/mol. The van der Waals surface area contributed by atoms with Gasteiger partial charge in [-0.25, -0.2) is 4.98 Å². The van der Waals surface area contributed by atoms with Crippen LogP contribution in [0.1, 0.15) is 48.7 Å². The minimum absolute atomic E-state index is 0.0638. The second kappa shape index (κ2) is 8.36. The molecule has 8 nitrogen and oxygen atoms in total. The summed E-state index contributed by atoms with van der Waals surface area (Å²) in [6, 6.07) is 4.17. The molecule has 6 rings (SSSR count). The monoisotopic (exact) mass is 456 g/mol. The number of hydrogen-bond donors (Lipinski definition) is 1. The molecule has 0 saturated carbocycles. The SMILES string of the molecule is C[C@@H]1CN(c2nc3c(-c4ccc(C5C=CC=CC5)nc4)cnn3c3c2C(=O)CCN3)C[C@H](C)O1. The van der Waals surface area contributed by atoms with Crippen LogP contribution in [0.5, 0.6) is 0 Å². The largest absolute Gasteiger partial charge is 0.372 e. The van der Waals surface area contributed by atoms with Crippen LogP contribution in [-0.2, 0) is 4.74 Å². The number of nitrogens with zero attached hydrogens (tertiary/aromatic N) is 5. The highest BCUT2D eigenvalue weighted by Gasteiger charge is 2.32. The molecule has 1 N–H and O–H groups in total. The number of carbonyl (C=O) groups is 1. The average molecular weight is 457 g/mol. The molecule has 3 aromatic heterocycles. The van der Waals surface area contributed by atoms with E-state index in [2.05, 4.69) is 65.6 Å². The number of aromatic nitrogens is 4. The topological polar surface area (TPSA) is 84.7 Å². The maximum atomic E-state index is 13.0. The van der Waals surface area contributed by atoms with Gasteiger partial charge in [0.1, 0.15) is 17.2 Å². The third-order valence-electron chi connectivity index (χ3n) is 6.73. The van der Waals surface area contributed by atoms with Crippen LogP contribution >= 0.6 is 0 Å². The van der Waals surface area contributed by atoms with Crippen molar-refractivity contribution in [3.8, 4) is 11.1 Å². The highest BCUT2D eigenvalue weighted by Crippen LogP contribution is 2.35. The summed E-state index contributed by atoms with van der Waals surface area (Å²) >= 11 is 0. The maximum Gasteiger partial charge on any atom is 0.172 e. The lowest BCUT2D eigenvalue weighted by Crippen LogP contribution is -2.46. The first-order valence-corrected chi connectivity index (χ1v) is 12.0. The molecule has 34 heavy (non-hydrogen) atoms. The molecule has 0 radical (unpaired) electrons. The number of anilines is 2. The van der Waals surface area contributed by atoms with Gasteiger partial charge in [-0.15, -0.1) is 0 Å². The van der Waals surface area contributed by atoms with Crippen LogP contribution in [0, 0.1) is 0 Å². The molecule has 3 atom stereocenters. The van der Waals surface area contributed by atoms with Gasteiger partial charge < -0.3 is 15.0 Å². The summed E-state index contributed by atoms with van der Waals surface area (Å²) in [6.07, 6.45) is 13.8. The van der Waals surface area contributed by atoms with Crippen molar-refractivity contribution < 1.29 is 9.53 Å². The van der Waals surface area contributed by atoms with Crippen molar-refractivity contribution in [2.45, 2.75) is 44.8 Å². The van der Waals surface area contributed by atoms with Gasteiger partial charge >= 0.3 is 0 Å². The van der Waals surface area contributed by atoms with Crippen LogP contribution in [0.25, 0.3) is 16.8 Å². The number of carbonyl (C=O) groups excluding carboxylic acids is 1. The zero-order chi connectivity index (χ0) is 23.2. The van der Waals surface area contributed by atoms with E-state index in [1.54, 1.807) is 4.52 Å². The van der Waals surface area contributed by atoms with E-state index in [-0.39, 0.29) is 18.0 Å². The van der Waals surface area contributed by atoms with Crippen molar-refractivity contribution in [1.82, 2.24) is 19.6 Å². The zero-order valence-electron chi connectivity index (χ0n) is 19.4. The Labute approximate surface area is 198 Å². The Morgan fingerprint density at radius 2 is 1.97 bits per heavy atom. The van der Waals surface area contributed by atoms with Gasteiger partial charge in [-0.2, -0.15) is 9.61 Å². The second-order valence-corrected chi connectivity index (χ2v) is 9.34. The Balaban J connectivity index is 1.45. The smallest absolute Gasteiger partial charge is 0.172 e. The minimum Gasteiger partial charge on any atom is -0.372 e. The van der Waals surface area contributed by atoms with Crippen molar-refractivity contribution in [3.63, 3.8) is 0 Å². The van der Waals surface area contributed by atoms with Crippen LogP contribution in [0.4, 0.5) is 11.6 Å². The third-order valence-corrected chi connectivity index (χ3v) is 6.73. The van der Waals surface area contributed by atoms with Crippen molar-refractivity contribution in [2.75, 3.05) is 29.9 Å². The maximum absolute atomic E-state index is 13.0. The molecule has 1 unspecified atom stereocenters. The Bertz CT molecular complexity index is 1300. The molecule has 3 aromatic rings. The van der Waals surface area contributed by atoms with Gasteiger partial charge in [0.25, 0.3) is 0 Å². The molecule has 8 heteroatoms. The summed E-state index contributed by atoms with van der Waals surface area (Å²) in [5.41, 5.74) is 4.25. The Morgan fingerprint density at radius 1 is 1.12 bits per heavy atom. The number of ketones is 1. The van der Waals surface area contributed by atoms with Gasteiger partial charge in [0.05, 0.1) is 18.4 Å². The normalized spacial score (nSPS) is 24.4. The number of ether oxygens (including phenoxy) is 1. The lowest BCUT2D eigenvalue weighted by Gasteiger charge is -2.37. The molecule has 3 aliphatic rings. The fourth-order valence-electron chi connectivity index (χ4n) is 5.19. The van der Waals surface area contributed by atoms with Crippen LogP contribution in [0.15, 0.2) is 48.8 Å². The first-order chi connectivity index (χ1) is 16.6. The van der Waals surface area contributed by atoms with E-state index >= 15 is 0 Å². The Hall–Kier alpha value is -3.52. The first-order valence-electron chi connectivity index (χ1n) is 12.0. The van der Waals surface area contributed by atoms with Crippen LogP contribution < -0.4 is 10.2 Å². The van der Waals surface area contributed by atoms with Gasteiger partial charge in [-0.1, -0.05) is 30.4 Å².